The number of nitrogens with zero attached hydrogens (tertiary/aromatic N) is 4. The Morgan fingerprint density at radius 3 is 3.20 bits per heavy atom. The SMILES string of the molecule is Fc1cncc(-c2cn(CCOC3CCOC3)nn2)c1. The minimum atomic E-state index is -0.387. The predicted molar refractivity (Wildman–Crippen MR) is 68.4 cm³/mol. The summed E-state index contributed by atoms with van der Waals surface area (Å²) in [4.78, 5) is 3.79. The van der Waals surface area contributed by atoms with Gasteiger partial charge in [-0.3, -0.25) is 4.98 Å². The lowest BCUT2D eigenvalue weighted by atomic mass is 10.2. The van der Waals surface area contributed by atoms with Crippen molar-refractivity contribution in [1.82, 2.24) is 20.0 Å². The van der Waals surface area contributed by atoms with Crippen LogP contribution in [0, 0.1) is 5.82 Å². The minimum absolute atomic E-state index is 0.186. The number of hydrogen-bond donors (Lipinski definition) is 0. The van der Waals surface area contributed by atoms with Crippen LogP contribution in [0.25, 0.3) is 11.3 Å². The first-order chi connectivity index (χ1) is 9.81. The third-order valence-corrected chi connectivity index (χ3v) is 3.10. The molecule has 1 aliphatic rings. The molecule has 106 valence electrons. The van der Waals surface area contributed by atoms with Gasteiger partial charge in [-0.05, 0) is 12.5 Å². The first kappa shape index (κ1) is 13.1. The minimum Gasteiger partial charge on any atom is -0.379 e. The van der Waals surface area contributed by atoms with Crippen molar-refractivity contribution >= 4 is 0 Å². The number of aromatic nitrogens is 4. The summed E-state index contributed by atoms with van der Waals surface area (Å²) in [6, 6.07) is 1.38. The van der Waals surface area contributed by atoms with Crippen LogP contribution in [0.4, 0.5) is 4.39 Å². The number of hydrogen-bond acceptors (Lipinski definition) is 5. The summed E-state index contributed by atoms with van der Waals surface area (Å²) in [7, 11) is 0. The normalized spacial score (nSPS) is 18.6. The Labute approximate surface area is 115 Å². The van der Waals surface area contributed by atoms with Crippen LogP contribution in [-0.2, 0) is 16.0 Å². The third-order valence-electron chi connectivity index (χ3n) is 3.10. The standard InChI is InChI=1S/C13H15FN4O2/c14-11-5-10(6-15-7-11)13-8-18(17-16-13)2-4-20-12-1-3-19-9-12/h5-8,12H,1-4,9H2. The highest BCUT2D eigenvalue weighted by atomic mass is 19.1. The fraction of sp³-hybridized carbons (Fsp3) is 0.462. The van der Waals surface area contributed by atoms with Gasteiger partial charge in [0.2, 0.25) is 0 Å². The summed E-state index contributed by atoms with van der Waals surface area (Å²) in [6.07, 6.45) is 5.60. The van der Waals surface area contributed by atoms with Crippen LogP contribution < -0.4 is 0 Å². The van der Waals surface area contributed by atoms with Gasteiger partial charge in [-0.15, -0.1) is 5.10 Å². The molecule has 3 heterocycles. The van der Waals surface area contributed by atoms with Crippen LogP contribution in [0.15, 0.2) is 24.7 Å². The maximum atomic E-state index is 13.1. The van der Waals surface area contributed by atoms with E-state index in [4.69, 9.17) is 9.47 Å². The summed E-state index contributed by atoms with van der Waals surface area (Å²) in [5, 5.41) is 8.00. The van der Waals surface area contributed by atoms with Gasteiger partial charge < -0.3 is 9.47 Å². The monoisotopic (exact) mass is 278 g/mol. The molecule has 0 bridgehead atoms. The fourth-order valence-electron chi connectivity index (χ4n) is 2.05. The first-order valence-electron chi connectivity index (χ1n) is 6.52. The van der Waals surface area contributed by atoms with Gasteiger partial charge >= 0.3 is 0 Å². The van der Waals surface area contributed by atoms with E-state index in [9.17, 15) is 4.39 Å². The van der Waals surface area contributed by atoms with E-state index >= 15 is 0 Å². The molecule has 1 fully saturated rings. The highest BCUT2D eigenvalue weighted by Gasteiger charge is 2.15. The van der Waals surface area contributed by atoms with Crippen molar-refractivity contribution in [2.75, 3.05) is 19.8 Å². The lowest BCUT2D eigenvalue weighted by Gasteiger charge is -2.08. The summed E-state index contributed by atoms with van der Waals surface area (Å²) in [6.45, 7) is 2.59. The van der Waals surface area contributed by atoms with Crippen molar-refractivity contribution in [3.05, 3.63) is 30.5 Å². The topological polar surface area (TPSA) is 62.1 Å². The summed E-state index contributed by atoms with van der Waals surface area (Å²) in [5.41, 5.74) is 1.21. The van der Waals surface area contributed by atoms with Gasteiger partial charge in [0.05, 0.1) is 38.3 Å². The van der Waals surface area contributed by atoms with E-state index < -0.39 is 0 Å². The van der Waals surface area contributed by atoms with Gasteiger partial charge in [0, 0.05) is 18.4 Å². The molecular formula is C13H15FN4O2. The quantitative estimate of drug-likeness (QED) is 0.824. The highest BCUT2D eigenvalue weighted by molar-refractivity contribution is 5.55. The van der Waals surface area contributed by atoms with Crippen molar-refractivity contribution in [3.63, 3.8) is 0 Å². The van der Waals surface area contributed by atoms with Crippen molar-refractivity contribution in [2.24, 2.45) is 0 Å². The maximum Gasteiger partial charge on any atom is 0.142 e. The zero-order valence-corrected chi connectivity index (χ0v) is 10.9. The lowest BCUT2D eigenvalue weighted by molar-refractivity contribution is 0.0369. The van der Waals surface area contributed by atoms with Crippen molar-refractivity contribution in [2.45, 2.75) is 19.1 Å². The van der Waals surface area contributed by atoms with Crippen LogP contribution in [0.1, 0.15) is 6.42 Å². The van der Waals surface area contributed by atoms with Gasteiger partial charge in [-0.1, -0.05) is 5.21 Å². The Hall–Kier alpha value is -1.86. The van der Waals surface area contributed by atoms with E-state index in [-0.39, 0.29) is 11.9 Å². The molecule has 1 aliphatic heterocycles. The molecule has 0 spiro atoms. The zero-order chi connectivity index (χ0) is 13.8. The van der Waals surface area contributed by atoms with Gasteiger partial charge in [0.25, 0.3) is 0 Å². The number of pyridine rings is 1. The zero-order valence-electron chi connectivity index (χ0n) is 10.9. The maximum absolute atomic E-state index is 13.1. The molecule has 7 heteroatoms. The second-order valence-corrected chi connectivity index (χ2v) is 4.62. The molecule has 1 unspecified atom stereocenters. The fourth-order valence-corrected chi connectivity index (χ4v) is 2.05. The van der Waals surface area contributed by atoms with Crippen molar-refractivity contribution in [1.29, 1.82) is 0 Å². The number of rotatable bonds is 5. The molecule has 1 saturated heterocycles. The van der Waals surface area contributed by atoms with Crippen molar-refractivity contribution < 1.29 is 13.9 Å². The van der Waals surface area contributed by atoms with Gasteiger partial charge in [0.1, 0.15) is 11.5 Å². The van der Waals surface area contributed by atoms with Crippen molar-refractivity contribution in [3.8, 4) is 11.3 Å². The first-order valence-corrected chi connectivity index (χ1v) is 6.52. The molecule has 1 atom stereocenters. The van der Waals surface area contributed by atoms with E-state index in [2.05, 4.69) is 15.3 Å². The molecule has 0 saturated carbocycles. The largest absolute Gasteiger partial charge is 0.379 e. The van der Waals surface area contributed by atoms with E-state index in [1.807, 2.05) is 0 Å². The molecule has 3 rings (SSSR count). The van der Waals surface area contributed by atoms with Gasteiger partial charge in [-0.25, -0.2) is 9.07 Å². The smallest absolute Gasteiger partial charge is 0.142 e. The van der Waals surface area contributed by atoms with Gasteiger partial charge in [-0.2, -0.15) is 0 Å². The molecular weight excluding hydrogens is 263 g/mol. The molecule has 20 heavy (non-hydrogen) atoms. The lowest BCUT2D eigenvalue weighted by Crippen LogP contribution is -2.16. The number of ether oxygens (including phenoxy) is 2. The third kappa shape index (κ3) is 3.17. The van der Waals surface area contributed by atoms with Crippen LogP contribution in [0.5, 0.6) is 0 Å². The summed E-state index contributed by atoms with van der Waals surface area (Å²) < 4.78 is 25.6. The average Bonchev–Trinajstić information content (AvgIpc) is 3.10. The van der Waals surface area contributed by atoms with E-state index in [1.165, 1.54) is 6.07 Å². The molecule has 6 nitrogen and oxygen atoms in total. The Balaban J connectivity index is 1.56. The van der Waals surface area contributed by atoms with E-state index in [0.29, 0.717) is 31.0 Å². The molecule has 2 aromatic heterocycles. The molecule has 0 amide bonds. The molecule has 0 radical (unpaired) electrons. The van der Waals surface area contributed by atoms with Crippen LogP contribution in [0.3, 0.4) is 0 Å². The second-order valence-electron chi connectivity index (χ2n) is 4.62. The van der Waals surface area contributed by atoms with Crippen LogP contribution in [0.2, 0.25) is 0 Å². The molecule has 2 aromatic rings. The molecule has 0 aliphatic carbocycles. The average molecular weight is 278 g/mol. The van der Waals surface area contributed by atoms with E-state index in [1.54, 1.807) is 17.1 Å². The predicted octanol–water partition coefficient (Wildman–Crippen LogP) is 1.28. The summed E-state index contributed by atoms with van der Waals surface area (Å²) in [5.74, 6) is -0.387. The Bertz CT molecular complexity index is 569. The Morgan fingerprint density at radius 1 is 1.45 bits per heavy atom. The highest BCUT2D eigenvalue weighted by Crippen LogP contribution is 2.15. The Kier molecular flexibility index (Phi) is 3.98. The number of halogens is 1. The summed E-state index contributed by atoms with van der Waals surface area (Å²) >= 11 is 0. The van der Waals surface area contributed by atoms with Gasteiger partial charge in [0.15, 0.2) is 0 Å². The second kappa shape index (κ2) is 6.06. The Morgan fingerprint density at radius 2 is 2.40 bits per heavy atom. The van der Waals surface area contributed by atoms with E-state index in [0.717, 1.165) is 19.2 Å². The van der Waals surface area contributed by atoms with Crippen LogP contribution >= 0.6 is 0 Å². The molecule has 0 aromatic carbocycles. The van der Waals surface area contributed by atoms with Crippen LogP contribution in [-0.4, -0.2) is 45.9 Å². The molecule has 0 N–H and O–H groups in total.